The van der Waals surface area contributed by atoms with Crippen LogP contribution in [0.5, 0.6) is 0 Å². The van der Waals surface area contributed by atoms with Crippen molar-refractivity contribution in [1.82, 2.24) is 0 Å². The third-order valence-electron chi connectivity index (χ3n) is 2.57. The molecule has 19 heavy (non-hydrogen) atoms. The van der Waals surface area contributed by atoms with Crippen LogP contribution in [0.4, 0.5) is 10.1 Å². The first-order valence-corrected chi connectivity index (χ1v) is 6.55. The van der Waals surface area contributed by atoms with E-state index in [1.54, 1.807) is 0 Å². The highest BCUT2D eigenvalue weighted by Crippen LogP contribution is 2.16. The monoisotopic (exact) mass is 274 g/mol. The van der Waals surface area contributed by atoms with E-state index in [0.717, 1.165) is 4.88 Å². The Balaban J connectivity index is 2.01. The Labute approximate surface area is 114 Å². The number of carbonyl (C=O) groups excluding carboxylic acids is 1. The fraction of sp³-hybridized carbons (Fsp3) is 0.143. The SMILES string of the molecule is N#C[C@@H](Cc1cccs1)C(=O)Nc1ccc(F)cc1. The molecular weight excluding hydrogens is 263 g/mol. The van der Waals surface area contributed by atoms with Crippen molar-refractivity contribution in [3.8, 4) is 6.07 Å². The molecular formula is C14H11FN2OS. The van der Waals surface area contributed by atoms with Crippen LogP contribution in [0.1, 0.15) is 4.88 Å². The number of halogens is 1. The molecule has 1 N–H and O–H groups in total. The third kappa shape index (κ3) is 3.63. The van der Waals surface area contributed by atoms with Gasteiger partial charge in [-0.1, -0.05) is 6.07 Å². The zero-order valence-electron chi connectivity index (χ0n) is 9.97. The minimum Gasteiger partial charge on any atom is -0.325 e. The first kappa shape index (κ1) is 13.2. The lowest BCUT2D eigenvalue weighted by Crippen LogP contribution is -2.23. The van der Waals surface area contributed by atoms with Gasteiger partial charge >= 0.3 is 0 Å². The number of hydrogen-bond donors (Lipinski definition) is 1. The maximum absolute atomic E-state index is 12.7. The second-order valence-corrected chi connectivity index (χ2v) is 4.99. The zero-order chi connectivity index (χ0) is 13.7. The van der Waals surface area contributed by atoms with E-state index in [-0.39, 0.29) is 11.7 Å². The van der Waals surface area contributed by atoms with Crippen molar-refractivity contribution < 1.29 is 9.18 Å². The van der Waals surface area contributed by atoms with Gasteiger partial charge in [-0.15, -0.1) is 11.3 Å². The van der Waals surface area contributed by atoms with E-state index in [0.29, 0.717) is 12.1 Å². The molecule has 0 saturated heterocycles. The molecule has 5 heteroatoms. The van der Waals surface area contributed by atoms with Crippen LogP contribution < -0.4 is 5.32 Å². The normalized spacial score (nSPS) is 11.6. The predicted molar refractivity (Wildman–Crippen MR) is 72.2 cm³/mol. The van der Waals surface area contributed by atoms with Crippen LogP contribution in [0.2, 0.25) is 0 Å². The predicted octanol–water partition coefficient (Wildman–Crippen LogP) is 3.21. The van der Waals surface area contributed by atoms with Crippen molar-refractivity contribution in [1.29, 1.82) is 5.26 Å². The van der Waals surface area contributed by atoms with Crippen LogP contribution in [-0.4, -0.2) is 5.91 Å². The summed E-state index contributed by atoms with van der Waals surface area (Å²) in [7, 11) is 0. The van der Waals surface area contributed by atoms with Gasteiger partial charge in [0.05, 0.1) is 6.07 Å². The second-order valence-electron chi connectivity index (χ2n) is 3.96. The molecule has 0 radical (unpaired) electrons. The molecule has 0 fully saturated rings. The van der Waals surface area contributed by atoms with Crippen molar-refractivity contribution >= 4 is 22.9 Å². The van der Waals surface area contributed by atoms with Gasteiger partial charge in [0, 0.05) is 17.0 Å². The minimum absolute atomic E-state index is 0.367. The lowest BCUT2D eigenvalue weighted by molar-refractivity contribution is -0.118. The Morgan fingerprint density at radius 3 is 2.68 bits per heavy atom. The lowest BCUT2D eigenvalue weighted by Gasteiger charge is -2.09. The van der Waals surface area contributed by atoms with Crippen LogP contribution in [0.15, 0.2) is 41.8 Å². The largest absolute Gasteiger partial charge is 0.325 e. The quantitative estimate of drug-likeness (QED) is 0.930. The molecule has 1 aromatic heterocycles. The Kier molecular flexibility index (Phi) is 4.26. The molecule has 1 atom stereocenters. The van der Waals surface area contributed by atoms with E-state index < -0.39 is 5.92 Å². The number of benzene rings is 1. The van der Waals surface area contributed by atoms with Gasteiger partial charge < -0.3 is 5.32 Å². The summed E-state index contributed by atoms with van der Waals surface area (Å²) in [4.78, 5) is 12.9. The molecule has 0 saturated carbocycles. The smallest absolute Gasteiger partial charge is 0.242 e. The van der Waals surface area contributed by atoms with E-state index in [4.69, 9.17) is 5.26 Å². The number of nitriles is 1. The standard InChI is InChI=1S/C14H11FN2OS/c15-11-3-5-12(6-4-11)17-14(18)10(9-16)8-13-2-1-7-19-13/h1-7,10H,8H2,(H,17,18)/t10-/m1/s1. The van der Waals surface area contributed by atoms with Gasteiger partial charge in [-0.2, -0.15) is 5.26 Å². The van der Waals surface area contributed by atoms with Crippen LogP contribution >= 0.6 is 11.3 Å². The van der Waals surface area contributed by atoms with Gasteiger partial charge in [0.25, 0.3) is 0 Å². The molecule has 0 aliphatic rings. The zero-order valence-corrected chi connectivity index (χ0v) is 10.8. The molecule has 1 amide bonds. The average Bonchev–Trinajstić information content (AvgIpc) is 2.91. The van der Waals surface area contributed by atoms with Gasteiger partial charge in [0.15, 0.2) is 0 Å². The maximum atomic E-state index is 12.7. The average molecular weight is 274 g/mol. The fourth-order valence-corrected chi connectivity index (χ4v) is 2.34. The topological polar surface area (TPSA) is 52.9 Å². The highest BCUT2D eigenvalue weighted by molar-refractivity contribution is 7.09. The number of rotatable bonds is 4. The molecule has 96 valence electrons. The Hall–Kier alpha value is -2.19. The molecule has 0 unspecified atom stereocenters. The summed E-state index contributed by atoms with van der Waals surface area (Å²) >= 11 is 1.51. The fourth-order valence-electron chi connectivity index (χ4n) is 1.59. The van der Waals surface area contributed by atoms with Gasteiger partial charge in [0.2, 0.25) is 5.91 Å². The Bertz CT molecular complexity index is 587. The Morgan fingerprint density at radius 1 is 1.37 bits per heavy atom. The summed E-state index contributed by atoms with van der Waals surface area (Å²) in [6, 6.07) is 11.2. The number of carbonyl (C=O) groups is 1. The van der Waals surface area contributed by atoms with E-state index in [1.165, 1.54) is 35.6 Å². The van der Waals surface area contributed by atoms with Crippen LogP contribution in [0, 0.1) is 23.1 Å². The van der Waals surface area contributed by atoms with Crippen LogP contribution in [-0.2, 0) is 11.2 Å². The van der Waals surface area contributed by atoms with Crippen LogP contribution in [0.3, 0.4) is 0 Å². The van der Waals surface area contributed by atoms with E-state index in [9.17, 15) is 9.18 Å². The second kappa shape index (κ2) is 6.12. The first-order chi connectivity index (χ1) is 9.19. The molecule has 2 rings (SSSR count). The molecule has 2 aromatic rings. The molecule has 0 aliphatic heterocycles. The van der Waals surface area contributed by atoms with E-state index in [1.807, 2.05) is 23.6 Å². The molecule has 1 heterocycles. The van der Waals surface area contributed by atoms with Crippen molar-refractivity contribution in [2.24, 2.45) is 5.92 Å². The maximum Gasteiger partial charge on any atom is 0.242 e. The van der Waals surface area contributed by atoms with Crippen molar-refractivity contribution in [2.75, 3.05) is 5.32 Å². The molecule has 0 bridgehead atoms. The number of nitrogens with zero attached hydrogens (tertiary/aromatic N) is 1. The number of anilines is 1. The minimum atomic E-state index is -0.747. The van der Waals surface area contributed by atoms with Crippen LogP contribution in [0.25, 0.3) is 0 Å². The molecule has 3 nitrogen and oxygen atoms in total. The van der Waals surface area contributed by atoms with Crippen molar-refractivity contribution in [3.05, 3.63) is 52.5 Å². The third-order valence-corrected chi connectivity index (χ3v) is 3.47. The van der Waals surface area contributed by atoms with Crippen molar-refractivity contribution in [3.63, 3.8) is 0 Å². The first-order valence-electron chi connectivity index (χ1n) is 5.67. The summed E-state index contributed by atoms with van der Waals surface area (Å²) in [6.07, 6.45) is 0.390. The molecule has 0 spiro atoms. The number of nitrogens with one attached hydrogen (secondary N) is 1. The summed E-state index contributed by atoms with van der Waals surface area (Å²) in [5, 5.41) is 13.6. The highest BCUT2D eigenvalue weighted by atomic mass is 32.1. The van der Waals surface area contributed by atoms with E-state index >= 15 is 0 Å². The summed E-state index contributed by atoms with van der Waals surface area (Å²) < 4.78 is 12.7. The number of hydrogen-bond acceptors (Lipinski definition) is 3. The van der Waals surface area contributed by atoms with Crippen molar-refractivity contribution in [2.45, 2.75) is 6.42 Å². The van der Waals surface area contributed by atoms with Gasteiger partial charge in [0.1, 0.15) is 11.7 Å². The summed E-state index contributed by atoms with van der Waals surface area (Å²) in [5.74, 6) is -1.49. The van der Waals surface area contributed by atoms with Gasteiger partial charge in [-0.3, -0.25) is 4.79 Å². The van der Waals surface area contributed by atoms with Gasteiger partial charge in [-0.25, -0.2) is 4.39 Å². The van der Waals surface area contributed by atoms with E-state index in [2.05, 4.69) is 5.32 Å². The lowest BCUT2D eigenvalue weighted by atomic mass is 10.1. The molecule has 1 aromatic carbocycles. The van der Waals surface area contributed by atoms with Gasteiger partial charge in [-0.05, 0) is 35.7 Å². The highest BCUT2D eigenvalue weighted by Gasteiger charge is 2.19. The Morgan fingerprint density at radius 2 is 2.11 bits per heavy atom. The summed E-state index contributed by atoms with van der Waals surface area (Å²) in [5.41, 5.74) is 0.484. The summed E-state index contributed by atoms with van der Waals surface area (Å²) in [6.45, 7) is 0. The number of thiophene rings is 1. The molecule has 0 aliphatic carbocycles. The number of amides is 1.